The molecule has 1 amide bonds. The van der Waals surface area contributed by atoms with Crippen molar-refractivity contribution in [1.29, 1.82) is 0 Å². The lowest BCUT2D eigenvalue weighted by Crippen LogP contribution is -2.20. The quantitative estimate of drug-likeness (QED) is 0.548. The predicted octanol–water partition coefficient (Wildman–Crippen LogP) is 5.37. The molecule has 0 atom stereocenters. The van der Waals surface area contributed by atoms with Gasteiger partial charge in [-0.05, 0) is 31.2 Å². The van der Waals surface area contributed by atoms with E-state index >= 15 is 0 Å². The molecule has 0 bridgehead atoms. The summed E-state index contributed by atoms with van der Waals surface area (Å²) < 4.78 is 25.9. The van der Waals surface area contributed by atoms with Gasteiger partial charge in [0.25, 0.3) is 11.5 Å². The van der Waals surface area contributed by atoms with Crippen molar-refractivity contribution in [2.45, 2.75) is 13.5 Å². The van der Waals surface area contributed by atoms with Crippen LogP contribution in [-0.2, 0) is 6.54 Å². The van der Waals surface area contributed by atoms with Crippen molar-refractivity contribution in [3.8, 4) is 17.2 Å². The molecule has 0 spiro atoms. The van der Waals surface area contributed by atoms with Crippen LogP contribution in [0.1, 0.15) is 17.3 Å². The fourth-order valence-corrected chi connectivity index (χ4v) is 3.00. The third-order valence-electron chi connectivity index (χ3n) is 4.21. The summed E-state index contributed by atoms with van der Waals surface area (Å²) in [5.74, 6) is -0.687. The molecule has 0 aliphatic heterocycles. The summed E-state index contributed by atoms with van der Waals surface area (Å²) in [7, 11) is 1.36. The smallest absolute Gasteiger partial charge is 0.259 e. The molecule has 2 aromatic carbocycles. The van der Waals surface area contributed by atoms with Crippen molar-refractivity contribution in [3.63, 3.8) is 0 Å². The summed E-state index contributed by atoms with van der Waals surface area (Å²) in [6, 6.07) is 9.33. The van der Waals surface area contributed by atoms with Crippen LogP contribution in [0.3, 0.4) is 0 Å². The maximum absolute atomic E-state index is 13.5. The zero-order valence-corrected chi connectivity index (χ0v) is 17.6. The van der Waals surface area contributed by atoms with Crippen molar-refractivity contribution >= 4 is 34.8 Å². The molecule has 0 saturated heterocycles. The zero-order chi connectivity index (χ0) is 21.8. The van der Waals surface area contributed by atoms with E-state index in [0.29, 0.717) is 12.2 Å². The lowest BCUT2D eigenvalue weighted by molar-refractivity contribution is 0.102. The SMILES string of the molecule is CCn1ccc(NC(=O)c2cc(Cl)c(Cl)cc2Oc2ccc(F)cc2OC)cc1=O. The van der Waals surface area contributed by atoms with Crippen LogP contribution in [0.15, 0.2) is 53.5 Å². The van der Waals surface area contributed by atoms with Gasteiger partial charge < -0.3 is 19.4 Å². The van der Waals surface area contributed by atoms with E-state index in [2.05, 4.69) is 5.32 Å². The van der Waals surface area contributed by atoms with Gasteiger partial charge in [0.1, 0.15) is 11.6 Å². The van der Waals surface area contributed by atoms with E-state index in [1.165, 1.54) is 42.0 Å². The van der Waals surface area contributed by atoms with Crippen molar-refractivity contribution in [3.05, 3.63) is 80.4 Å². The van der Waals surface area contributed by atoms with Crippen LogP contribution in [0.5, 0.6) is 17.2 Å². The van der Waals surface area contributed by atoms with Crippen molar-refractivity contribution < 1.29 is 18.7 Å². The number of pyridine rings is 1. The Morgan fingerprint density at radius 1 is 1.07 bits per heavy atom. The highest BCUT2D eigenvalue weighted by Crippen LogP contribution is 2.37. The summed E-state index contributed by atoms with van der Waals surface area (Å²) in [6.07, 6.45) is 1.58. The van der Waals surface area contributed by atoms with Gasteiger partial charge in [-0.25, -0.2) is 4.39 Å². The van der Waals surface area contributed by atoms with Gasteiger partial charge in [-0.15, -0.1) is 0 Å². The largest absolute Gasteiger partial charge is 0.493 e. The molecule has 0 radical (unpaired) electrons. The topological polar surface area (TPSA) is 69.6 Å². The normalized spacial score (nSPS) is 10.6. The molecular weight excluding hydrogens is 434 g/mol. The number of halogens is 3. The fourth-order valence-electron chi connectivity index (χ4n) is 2.68. The molecule has 1 heterocycles. The molecule has 1 N–H and O–H groups in total. The summed E-state index contributed by atoms with van der Waals surface area (Å²) in [5.41, 5.74) is 0.124. The molecule has 1 aromatic heterocycles. The summed E-state index contributed by atoms with van der Waals surface area (Å²) in [4.78, 5) is 24.9. The second-order valence-electron chi connectivity index (χ2n) is 6.15. The van der Waals surface area contributed by atoms with E-state index in [1.807, 2.05) is 6.92 Å². The molecular formula is C21H17Cl2FN2O4. The first-order chi connectivity index (χ1) is 14.3. The van der Waals surface area contributed by atoms with Gasteiger partial charge in [0, 0.05) is 36.6 Å². The highest BCUT2D eigenvalue weighted by atomic mass is 35.5. The van der Waals surface area contributed by atoms with Gasteiger partial charge >= 0.3 is 0 Å². The number of carbonyl (C=O) groups excluding carboxylic acids is 1. The average Bonchev–Trinajstić information content (AvgIpc) is 2.71. The number of carbonyl (C=O) groups is 1. The third kappa shape index (κ3) is 4.75. The Hall–Kier alpha value is -3.03. The number of hydrogen-bond donors (Lipinski definition) is 1. The van der Waals surface area contributed by atoms with Crippen LogP contribution in [0.25, 0.3) is 0 Å². The molecule has 3 aromatic rings. The minimum atomic E-state index is -0.571. The van der Waals surface area contributed by atoms with Crippen LogP contribution in [0, 0.1) is 5.82 Å². The van der Waals surface area contributed by atoms with Gasteiger partial charge in [-0.2, -0.15) is 0 Å². The molecule has 30 heavy (non-hydrogen) atoms. The Morgan fingerprint density at radius 3 is 2.47 bits per heavy atom. The van der Waals surface area contributed by atoms with Gasteiger partial charge in [0.2, 0.25) is 0 Å². The highest BCUT2D eigenvalue weighted by Gasteiger charge is 2.19. The number of aromatic nitrogens is 1. The molecule has 9 heteroatoms. The first-order valence-corrected chi connectivity index (χ1v) is 9.60. The van der Waals surface area contributed by atoms with E-state index in [9.17, 15) is 14.0 Å². The molecule has 156 valence electrons. The number of aryl methyl sites for hydroxylation is 1. The van der Waals surface area contributed by atoms with E-state index in [1.54, 1.807) is 12.3 Å². The Kier molecular flexibility index (Phi) is 6.64. The second-order valence-corrected chi connectivity index (χ2v) is 6.97. The molecule has 3 rings (SSSR count). The van der Waals surface area contributed by atoms with E-state index in [-0.39, 0.29) is 38.4 Å². The Morgan fingerprint density at radius 2 is 1.80 bits per heavy atom. The summed E-state index contributed by atoms with van der Waals surface area (Å²) >= 11 is 12.2. The van der Waals surface area contributed by atoms with Crippen molar-refractivity contribution in [2.75, 3.05) is 12.4 Å². The van der Waals surface area contributed by atoms with Gasteiger partial charge in [-0.1, -0.05) is 23.2 Å². The number of methoxy groups -OCH3 is 1. The Bertz CT molecular complexity index is 1160. The van der Waals surface area contributed by atoms with E-state index < -0.39 is 11.7 Å². The maximum Gasteiger partial charge on any atom is 0.259 e. The minimum absolute atomic E-state index is 0.0652. The van der Waals surface area contributed by atoms with Crippen molar-refractivity contribution in [2.24, 2.45) is 0 Å². The maximum atomic E-state index is 13.5. The lowest BCUT2D eigenvalue weighted by Gasteiger charge is -2.15. The van der Waals surface area contributed by atoms with E-state index in [4.69, 9.17) is 32.7 Å². The number of nitrogens with zero attached hydrogens (tertiary/aromatic N) is 1. The Labute approximate surface area is 181 Å². The van der Waals surface area contributed by atoms with Gasteiger partial charge in [-0.3, -0.25) is 9.59 Å². The molecule has 0 unspecified atom stereocenters. The number of hydrogen-bond acceptors (Lipinski definition) is 4. The molecule has 0 fully saturated rings. The minimum Gasteiger partial charge on any atom is -0.493 e. The molecule has 0 aliphatic rings. The monoisotopic (exact) mass is 450 g/mol. The van der Waals surface area contributed by atoms with Crippen LogP contribution >= 0.6 is 23.2 Å². The molecule has 0 saturated carbocycles. The van der Waals surface area contributed by atoms with Gasteiger partial charge in [0.15, 0.2) is 11.5 Å². The lowest BCUT2D eigenvalue weighted by atomic mass is 10.1. The standard InChI is InChI=1S/C21H17Cl2FN2O4/c1-3-26-7-6-13(9-20(26)27)25-21(28)14-10-15(22)16(23)11-18(14)30-17-5-4-12(24)8-19(17)29-2/h4-11H,3H2,1-2H3,(H,25,28). The summed E-state index contributed by atoms with van der Waals surface area (Å²) in [5, 5.41) is 2.94. The number of rotatable bonds is 6. The van der Waals surface area contributed by atoms with Crippen LogP contribution in [0.4, 0.5) is 10.1 Å². The highest BCUT2D eigenvalue weighted by molar-refractivity contribution is 6.42. The predicted molar refractivity (Wildman–Crippen MR) is 114 cm³/mol. The first-order valence-electron chi connectivity index (χ1n) is 8.84. The van der Waals surface area contributed by atoms with Crippen LogP contribution in [0.2, 0.25) is 10.0 Å². The first kappa shape index (κ1) is 21.7. The molecule has 6 nitrogen and oxygen atoms in total. The van der Waals surface area contributed by atoms with Gasteiger partial charge in [0.05, 0.1) is 22.7 Å². The van der Waals surface area contributed by atoms with Crippen LogP contribution in [-0.4, -0.2) is 17.6 Å². The third-order valence-corrected chi connectivity index (χ3v) is 4.93. The fraction of sp³-hybridized carbons (Fsp3) is 0.143. The number of anilines is 1. The Balaban J connectivity index is 1.96. The number of nitrogens with one attached hydrogen (secondary N) is 1. The number of ether oxygens (including phenoxy) is 2. The molecule has 0 aliphatic carbocycles. The summed E-state index contributed by atoms with van der Waals surface area (Å²) in [6.45, 7) is 2.35. The second kappa shape index (κ2) is 9.19. The number of amides is 1. The number of benzene rings is 2. The van der Waals surface area contributed by atoms with E-state index in [0.717, 1.165) is 6.07 Å². The average molecular weight is 451 g/mol. The van der Waals surface area contributed by atoms with Crippen LogP contribution < -0.4 is 20.3 Å². The zero-order valence-electron chi connectivity index (χ0n) is 16.0. The van der Waals surface area contributed by atoms with Crippen molar-refractivity contribution in [1.82, 2.24) is 4.57 Å².